The average Bonchev–Trinajstić information content (AvgIpc) is 2.20. The summed E-state index contributed by atoms with van der Waals surface area (Å²) in [4.78, 5) is 0. The van der Waals surface area contributed by atoms with Crippen LogP contribution < -0.4 is 0 Å². The van der Waals surface area contributed by atoms with E-state index in [2.05, 4.69) is 64.3 Å². The molecule has 1 rings (SSSR count). The number of halogens is 1. The minimum atomic E-state index is -0.711. The normalized spacial score (nSPS) is 13.3. The molecule has 0 heterocycles. The van der Waals surface area contributed by atoms with Gasteiger partial charge in [-0.05, 0) is 18.0 Å². The molecular formula is C12H17BrSi. The summed E-state index contributed by atoms with van der Waals surface area (Å²) in [6.07, 6.45) is 4.66. The van der Waals surface area contributed by atoms with E-state index in [0.29, 0.717) is 0 Å². The second-order valence-electron chi connectivity index (χ2n) is 3.42. The number of allylic oxidation sites excluding steroid dienone is 1. The third-order valence-corrected chi connectivity index (χ3v) is 6.21. The van der Waals surface area contributed by atoms with Crippen LogP contribution in [0.5, 0.6) is 0 Å². The smallest absolute Gasteiger partial charge is 0.125 e. The fraction of sp³-hybridized carbons (Fsp3) is 0.333. The maximum atomic E-state index is 3.76. The summed E-state index contributed by atoms with van der Waals surface area (Å²) < 4.78 is 0. The van der Waals surface area contributed by atoms with E-state index < -0.39 is 7.42 Å². The number of hydrogen-bond acceptors (Lipinski definition) is 0. The molecule has 0 aliphatic carbocycles. The molecule has 1 aromatic rings. The van der Waals surface area contributed by atoms with Gasteiger partial charge in [0.1, 0.15) is 7.42 Å². The Hall–Kier alpha value is -0.343. The largest absolute Gasteiger partial charge is 0.137 e. The van der Waals surface area contributed by atoms with E-state index in [9.17, 15) is 0 Å². The molecule has 14 heavy (non-hydrogen) atoms. The van der Waals surface area contributed by atoms with Crippen molar-refractivity contribution in [2.45, 2.75) is 25.8 Å². The van der Waals surface area contributed by atoms with E-state index in [1.807, 2.05) is 0 Å². The van der Waals surface area contributed by atoms with E-state index >= 15 is 0 Å². The van der Waals surface area contributed by atoms with E-state index in [0.717, 1.165) is 6.42 Å². The summed E-state index contributed by atoms with van der Waals surface area (Å²) in [5, 5.41) is 0. The maximum Gasteiger partial charge on any atom is 0.137 e. The Morgan fingerprint density at radius 3 is 2.64 bits per heavy atom. The molecule has 0 radical (unpaired) electrons. The Morgan fingerprint density at radius 2 is 2.00 bits per heavy atom. The van der Waals surface area contributed by atoms with Gasteiger partial charge in [-0.3, -0.25) is 0 Å². The highest BCUT2D eigenvalue weighted by Gasteiger charge is 1.97. The Labute approximate surface area is 96.2 Å². The molecule has 0 N–H and O–H groups in total. The predicted octanol–water partition coefficient (Wildman–Crippen LogP) is 3.85. The first kappa shape index (κ1) is 11.7. The van der Waals surface area contributed by atoms with Crippen LogP contribution in [0.3, 0.4) is 0 Å². The van der Waals surface area contributed by atoms with Gasteiger partial charge >= 0.3 is 0 Å². The Balaban J connectivity index is 2.33. The average molecular weight is 269 g/mol. The summed E-state index contributed by atoms with van der Waals surface area (Å²) >= 11 is 3.76. The molecule has 2 heteroatoms. The third-order valence-electron chi connectivity index (χ3n) is 2.11. The van der Waals surface area contributed by atoms with Crippen molar-refractivity contribution in [1.29, 1.82) is 0 Å². The predicted molar refractivity (Wildman–Crippen MR) is 70.5 cm³/mol. The number of benzene rings is 1. The molecule has 0 nitrogen and oxygen atoms in total. The van der Waals surface area contributed by atoms with Gasteiger partial charge in [-0.1, -0.05) is 55.5 Å². The lowest BCUT2D eigenvalue weighted by Crippen LogP contribution is -1.96. The summed E-state index contributed by atoms with van der Waals surface area (Å²) in [6, 6.07) is 12.0. The lowest BCUT2D eigenvalue weighted by atomic mass is 10.2. The summed E-state index contributed by atoms with van der Waals surface area (Å²) in [5.41, 5.74) is 3.78. The summed E-state index contributed by atoms with van der Waals surface area (Å²) in [5.74, 6) is 0. The first-order chi connectivity index (χ1) is 6.83. The van der Waals surface area contributed by atoms with E-state index in [1.165, 1.54) is 18.0 Å². The monoisotopic (exact) mass is 268 g/mol. The van der Waals surface area contributed by atoms with Crippen LogP contribution in [0.15, 0.2) is 42.1 Å². The van der Waals surface area contributed by atoms with Crippen molar-refractivity contribution in [2.24, 2.45) is 0 Å². The number of rotatable bonds is 5. The molecule has 1 aromatic carbocycles. The van der Waals surface area contributed by atoms with Crippen LogP contribution in [0.25, 0.3) is 0 Å². The van der Waals surface area contributed by atoms with Gasteiger partial charge in [-0.25, -0.2) is 0 Å². The highest BCUT2D eigenvalue weighted by Crippen LogP contribution is 2.07. The van der Waals surface area contributed by atoms with Crippen LogP contribution in [-0.4, -0.2) is 7.42 Å². The lowest BCUT2D eigenvalue weighted by molar-refractivity contribution is 1.07. The molecule has 0 spiro atoms. The van der Waals surface area contributed by atoms with Gasteiger partial charge in [0.05, 0.1) is 0 Å². The Bertz CT molecular complexity index is 269. The standard InChI is InChI=1S/C12H17BrSi/c1-2-10-14(13)11-6-9-12-7-4-3-5-8-12/h3-8,11,14H,2,9-10H2,1H3. The van der Waals surface area contributed by atoms with E-state index in [4.69, 9.17) is 0 Å². The second kappa shape index (κ2) is 7.02. The van der Waals surface area contributed by atoms with Crippen molar-refractivity contribution in [3.8, 4) is 0 Å². The van der Waals surface area contributed by atoms with Gasteiger partial charge < -0.3 is 0 Å². The van der Waals surface area contributed by atoms with Gasteiger partial charge in [0, 0.05) is 0 Å². The highest BCUT2D eigenvalue weighted by atomic mass is 79.9. The zero-order valence-corrected chi connectivity index (χ0v) is 11.4. The first-order valence-electron chi connectivity index (χ1n) is 5.17. The molecule has 1 unspecified atom stereocenters. The molecule has 0 saturated heterocycles. The molecule has 0 aliphatic heterocycles. The molecule has 0 saturated carbocycles. The van der Waals surface area contributed by atoms with Crippen molar-refractivity contribution in [2.75, 3.05) is 0 Å². The van der Waals surface area contributed by atoms with Gasteiger partial charge in [0.25, 0.3) is 0 Å². The molecular weight excluding hydrogens is 252 g/mol. The van der Waals surface area contributed by atoms with Crippen molar-refractivity contribution < 1.29 is 0 Å². The molecule has 0 fully saturated rings. The molecule has 0 amide bonds. The van der Waals surface area contributed by atoms with Crippen molar-refractivity contribution in [3.05, 3.63) is 47.7 Å². The van der Waals surface area contributed by atoms with Crippen molar-refractivity contribution >= 4 is 22.7 Å². The van der Waals surface area contributed by atoms with Crippen molar-refractivity contribution in [1.82, 2.24) is 0 Å². The summed E-state index contributed by atoms with van der Waals surface area (Å²) in [6.45, 7) is 2.24. The fourth-order valence-electron chi connectivity index (χ4n) is 1.34. The van der Waals surface area contributed by atoms with E-state index in [-0.39, 0.29) is 0 Å². The van der Waals surface area contributed by atoms with Crippen LogP contribution in [0.1, 0.15) is 18.9 Å². The zero-order chi connectivity index (χ0) is 10.2. The van der Waals surface area contributed by atoms with Gasteiger partial charge in [0.15, 0.2) is 0 Å². The van der Waals surface area contributed by atoms with Crippen LogP contribution in [0, 0.1) is 0 Å². The molecule has 0 aromatic heterocycles. The quantitative estimate of drug-likeness (QED) is 0.562. The minimum Gasteiger partial charge on any atom is -0.125 e. The topological polar surface area (TPSA) is 0 Å². The lowest BCUT2D eigenvalue weighted by Gasteiger charge is -1.98. The second-order valence-corrected chi connectivity index (χ2v) is 8.95. The minimum absolute atomic E-state index is 0.711. The third kappa shape index (κ3) is 4.77. The fourth-order valence-corrected chi connectivity index (χ4v) is 4.53. The van der Waals surface area contributed by atoms with Gasteiger partial charge in [-0.2, -0.15) is 0 Å². The zero-order valence-electron chi connectivity index (χ0n) is 8.62. The SMILES string of the molecule is CCC[SiH](Br)C=CCc1ccccc1. The van der Waals surface area contributed by atoms with Crippen molar-refractivity contribution in [3.63, 3.8) is 0 Å². The van der Waals surface area contributed by atoms with Gasteiger partial charge in [0.2, 0.25) is 0 Å². The van der Waals surface area contributed by atoms with E-state index in [1.54, 1.807) is 0 Å². The van der Waals surface area contributed by atoms with Crippen LogP contribution in [0.4, 0.5) is 0 Å². The van der Waals surface area contributed by atoms with Crippen LogP contribution in [0.2, 0.25) is 6.04 Å². The molecule has 76 valence electrons. The molecule has 0 bridgehead atoms. The highest BCUT2D eigenvalue weighted by molar-refractivity contribution is 9.24. The summed E-state index contributed by atoms with van der Waals surface area (Å²) in [7, 11) is -0.711. The van der Waals surface area contributed by atoms with Gasteiger partial charge in [-0.15, -0.1) is 15.3 Å². The van der Waals surface area contributed by atoms with Crippen LogP contribution in [-0.2, 0) is 6.42 Å². The van der Waals surface area contributed by atoms with Crippen LogP contribution >= 0.6 is 15.3 Å². The molecule has 1 atom stereocenters. The Morgan fingerprint density at radius 1 is 1.29 bits per heavy atom. The molecule has 0 aliphatic rings. The number of hydrogen-bond donors (Lipinski definition) is 0. The first-order valence-corrected chi connectivity index (χ1v) is 9.84. The Kier molecular flexibility index (Phi) is 5.88. The maximum absolute atomic E-state index is 3.76.